The van der Waals surface area contributed by atoms with Crippen LogP contribution in [0.2, 0.25) is 0 Å². The highest BCUT2D eigenvalue weighted by Gasteiger charge is 2.33. The monoisotopic (exact) mass is 488 g/mol. The fourth-order valence-electron chi connectivity index (χ4n) is 4.10. The number of aryl methyl sites for hydroxylation is 1. The van der Waals surface area contributed by atoms with Gasteiger partial charge in [-0.3, -0.25) is 4.79 Å². The van der Waals surface area contributed by atoms with E-state index in [1.54, 1.807) is 42.5 Å². The number of carbonyl (C=O) groups is 2. The van der Waals surface area contributed by atoms with Crippen LogP contribution in [0.4, 0.5) is 0 Å². The fourth-order valence-corrected chi connectivity index (χ4v) is 4.10. The topological polar surface area (TPSA) is 113 Å². The molecule has 8 nitrogen and oxygen atoms in total. The number of hydrogen-bond donors (Lipinski definition) is 2. The first-order chi connectivity index (χ1) is 17.4. The van der Waals surface area contributed by atoms with Gasteiger partial charge < -0.3 is 24.3 Å². The summed E-state index contributed by atoms with van der Waals surface area (Å²) in [6.07, 6.45) is 7.28. The molecule has 0 saturated carbocycles. The molecule has 186 valence electrons. The van der Waals surface area contributed by atoms with Gasteiger partial charge in [-0.1, -0.05) is 24.3 Å². The number of amides is 1. The minimum atomic E-state index is -1.02. The second kappa shape index (κ2) is 10.9. The Morgan fingerprint density at radius 2 is 1.94 bits per heavy atom. The third-order valence-corrected chi connectivity index (χ3v) is 6.03. The van der Waals surface area contributed by atoms with Crippen LogP contribution in [0.25, 0.3) is 11.5 Å². The molecule has 0 saturated heterocycles. The van der Waals surface area contributed by atoms with E-state index in [0.717, 1.165) is 22.4 Å². The lowest BCUT2D eigenvalue weighted by atomic mass is 9.93. The number of carboxylic acid groups (broad SMARTS) is 1. The summed E-state index contributed by atoms with van der Waals surface area (Å²) < 4.78 is 11.7. The van der Waals surface area contributed by atoms with Crippen molar-refractivity contribution in [2.45, 2.75) is 39.3 Å². The molecule has 0 fully saturated rings. The van der Waals surface area contributed by atoms with E-state index in [1.807, 2.05) is 32.0 Å². The number of aliphatic carboxylic acids is 1. The van der Waals surface area contributed by atoms with Gasteiger partial charge in [0.15, 0.2) is 0 Å². The number of phenolic OH excluding ortho intramolecular Hbond substituents is 1. The second-order valence-corrected chi connectivity index (χ2v) is 8.51. The molecule has 3 aromatic rings. The molecule has 1 amide bonds. The molecular weight excluding hydrogens is 460 g/mol. The largest absolute Gasteiger partial charge is 0.508 e. The lowest BCUT2D eigenvalue weighted by Crippen LogP contribution is -2.48. The molecule has 1 atom stereocenters. The van der Waals surface area contributed by atoms with Crippen LogP contribution >= 0.6 is 0 Å². The van der Waals surface area contributed by atoms with Gasteiger partial charge in [-0.15, -0.1) is 0 Å². The van der Waals surface area contributed by atoms with Crippen molar-refractivity contribution in [3.63, 3.8) is 0 Å². The molecule has 0 bridgehead atoms. The number of carboxylic acids is 1. The van der Waals surface area contributed by atoms with Crippen molar-refractivity contribution in [1.29, 1.82) is 0 Å². The molecule has 4 rings (SSSR count). The maximum Gasteiger partial charge on any atom is 0.326 e. The smallest absolute Gasteiger partial charge is 0.326 e. The van der Waals surface area contributed by atoms with Crippen molar-refractivity contribution in [3.05, 3.63) is 89.3 Å². The third-order valence-electron chi connectivity index (χ3n) is 6.03. The lowest BCUT2D eigenvalue weighted by Gasteiger charge is -2.34. The van der Waals surface area contributed by atoms with Gasteiger partial charge in [-0.05, 0) is 61.4 Å². The van der Waals surface area contributed by atoms with Gasteiger partial charge in [0.25, 0.3) is 0 Å². The zero-order chi connectivity index (χ0) is 25.7. The van der Waals surface area contributed by atoms with Crippen molar-refractivity contribution >= 4 is 11.9 Å². The second-order valence-electron chi connectivity index (χ2n) is 8.51. The Bertz CT molecular complexity index is 1310. The standard InChI is InChI=1S/C28H28N2O6/c1-3-4-5-6-26(32)30-17-21-15-23(12-9-20(21)16-25(30)28(33)34)35-14-13-24-18(2)36-27(29-24)19-7-10-22(31)11-8-19/h3-12,15,25,31H,13-14,16-17H2,1-2H3,(H,33,34)/b4-3+,6-5+/t25-/m0/s1. The average molecular weight is 489 g/mol. The predicted octanol–water partition coefficient (Wildman–Crippen LogP) is 4.45. The molecule has 0 radical (unpaired) electrons. The number of phenols is 1. The maximum atomic E-state index is 12.6. The predicted molar refractivity (Wildman–Crippen MR) is 134 cm³/mol. The third kappa shape index (κ3) is 5.66. The van der Waals surface area contributed by atoms with E-state index >= 15 is 0 Å². The molecule has 36 heavy (non-hydrogen) atoms. The van der Waals surface area contributed by atoms with Crippen LogP contribution in [-0.2, 0) is 29.0 Å². The Morgan fingerprint density at radius 1 is 1.17 bits per heavy atom. The van der Waals surface area contributed by atoms with Crippen molar-refractivity contribution in [2.24, 2.45) is 0 Å². The summed E-state index contributed by atoms with van der Waals surface area (Å²) in [5, 5.41) is 19.1. The van der Waals surface area contributed by atoms with E-state index in [-0.39, 0.29) is 24.6 Å². The molecule has 0 spiro atoms. The number of hydrogen-bond acceptors (Lipinski definition) is 6. The Kier molecular flexibility index (Phi) is 7.53. The highest BCUT2D eigenvalue weighted by molar-refractivity contribution is 5.92. The molecule has 2 aromatic carbocycles. The quantitative estimate of drug-likeness (QED) is 0.356. The summed E-state index contributed by atoms with van der Waals surface area (Å²) in [5.41, 5.74) is 3.31. The molecule has 0 unspecified atom stereocenters. The van der Waals surface area contributed by atoms with E-state index < -0.39 is 12.0 Å². The summed E-state index contributed by atoms with van der Waals surface area (Å²) in [7, 11) is 0. The number of rotatable bonds is 8. The van der Waals surface area contributed by atoms with Crippen molar-refractivity contribution in [1.82, 2.24) is 9.88 Å². The number of oxazole rings is 1. The van der Waals surface area contributed by atoms with Crippen molar-refractivity contribution < 1.29 is 29.0 Å². The Morgan fingerprint density at radius 3 is 2.67 bits per heavy atom. The van der Waals surface area contributed by atoms with Crippen LogP contribution in [0.5, 0.6) is 11.5 Å². The number of aromatic nitrogens is 1. The molecule has 2 N–H and O–H groups in total. The SMILES string of the molecule is C/C=C/C=C/C(=O)N1Cc2cc(OCCc3nc(-c4ccc(O)cc4)oc3C)ccc2C[C@H]1C(=O)O. The number of allylic oxidation sites excluding steroid dienone is 3. The first-order valence-corrected chi connectivity index (χ1v) is 11.7. The van der Waals surface area contributed by atoms with Gasteiger partial charge in [0.2, 0.25) is 11.8 Å². The first kappa shape index (κ1) is 24.8. The van der Waals surface area contributed by atoms with Gasteiger partial charge in [0.1, 0.15) is 23.3 Å². The van der Waals surface area contributed by atoms with Gasteiger partial charge >= 0.3 is 5.97 Å². The van der Waals surface area contributed by atoms with Crippen molar-refractivity contribution in [3.8, 4) is 23.0 Å². The zero-order valence-corrected chi connectivity index (χ0v) is 20.2. The number of nitrogens with zero attached hydrogens (tertiary/aromatic N) is 2. The average Bonchev–Trinajstić information content (AvgIpc) is 3.23. The summed E-state index contributed by atoms with van der Waals surface area (Å²) in [5.74, 6) is 0.632. The summed E-state index contributed by atoms with van der Waals surface area (Å²) in [6.45, 7) is 4.25. The minimum absolute atomic E-state index is 0.178. The summed E-state index contributed by atoms with van der Waals surface area (Å²) in [6, 6.07) is 11.3. The number of carbonyl (C=O) groups excluding carboxylic acids is 1. The number of fused-ring (bicyclic) bond motifs is 1. The Balaban J connectivity index is 1.42. The number of ether oxygens (including phenoxy) is 1. The van der Waals surface area contributed by atoms with Crippen LogP contribution < -0.4 is 4.74 Å². The fraction of sp³-hybridized carbons (Fsp3) is 0.250. The van der Waals surface area contributed by atoms with Gasteiger partial charge in [-0.2, -0.15) is 0 Å². The molecule has 1 aliphatic heterocycles. The summed E-state index contributed by atoms with van der Waals surface area (Å²) in [4.78, 5) is 30.4. The van der Waals surface area contributed by atoms with Crippen LogP contribution in [0.15, 0.2) is 71.2 Å². The Labute approximate surface area is 209 Å². The van der Waals surface area contributed by atoms with E-state index in [4.69, 9.17) is 9.15 Å². The first-order valence-electron chi connectivity index (χ1n) is 11.7. The van der Waals surface area contributed by atoms with E-state index in [9.17, 15) is 19.8 Å². The number of benzene rings is 2. The van der Waals surface area contributed by atoms with Crippen LogP contribution in [0.1, 0.15) is 29.5 Å². The van der Waals surface area contributed by atoms with Crippen LogP contribution in [0.3, 0.4) is 0 Å². The molecule has 8 heteroatoms. The zero-order valence-electron chi connectivity index (χ0n) is 20.2. The van der Waals surface area contributed by atoms with Crippen LogP contribution in [-0.4, -0.2) is 44.6 Å². The minimum Gasteiger partial charge on any atom is -0.508 e. The molecule has 2 heterocycles. The highest BCUT2D eigenvalue weighted by Crippen LogP contribution is 2.28. The van der Waals surface area contributed by atoms with Gasteiger partial charge in [-0.25, -0.2) is 9.78 Å². The highest BCUT2D eigenvalue weighted by atomic mass is 16.5. The molecule has 1 aliphatic rings. The van der Waals surface area contributed by atoms with E-state index in [2.05, 4.69) is 4.98 Å². The Hall–Kier alpha value is -4.33. The normalized spacial score (nSPS) is 15.4. The molecular formula is C28H28N2O6. The van der Waals surface area contributed by atoms with Crippen molar-refractivity contribution in [2.75, 3.05) is 6.61 Å². The maximum absolute atomic E-state index is 12.6. The van der Waals surface area contributed by atoms with Gasteiger partial charge in [0.05, 0.1) is 12.3 Å². The lowest BCUT2D eigenvalue weighted by molar-refractivity contribution is -0.149. The number of aromatic hydroxyl groups is 1. The molecule has 1 aromatic heterocycles. The van der Waals surface area contributed by atoms with Crippen LogP contribution in [0, 0.1) is 6.92 Å². The van der Waals surface area contributed by atoms with E-state index in [0.29, 0.717) is 30.4 Å². The van der Waals surface area contributed by atoms with E-state index in [1.165, 1.54) is 11.0 Å². The van der Waals surface area contributed by atoms with Gasteiger partial charge in [0, 0.05) is 31.0 Å². The summed E-state index contributed by atoms with van der Waals surface area (Å²) >= 11 is 0. The molecule has 0 aliphatic carbocycles.